The van der Waals surface area contributed by atoms with Crippen molar-refractivity contribution in [2.45, 2.75) is 0 Å². The van der Waals surface area contributed by atoms with Gasteiger partial charge in [-0.1, -0.05) is 0 Å². The van der Waals surface area contributed by atoms with Crippen molar-refractivity contribution in [2.75, 3.05) is 0 Å². The molecular weight excluding hydrogens is 142 g/mol. The summed E-state index contributed by atoms with van der Waals surface area (Å²) in [6.45, 7) is 0. The van der Waals surface area contributed by atoms with Crippen LogP contribution in [0.15, 0.2) is 24.3 Å². The van der Waals surface area contributed by atoms with Crippen LogP contribution in [0.3, 0.4) is 0 Å². The van der Waals surface area contributed by atoms with Crippen LogP contribution in [0.1, 0.15) is 5.56 Å². The largest absolute Gasteiger partial charge is 0.366 e. The van der Waals surface area contributed by atoms with Gasteiger partial charge in [0.25, 0.3) is 5.69 Å². The van der Waals surface area contributed by atoms with Crippen molar-refractivity contribution >= 4 is 5.69 Å². The SMILES string of the molecule is [C-]#Cc1ccc([N+](=O)[O-])cc1. The summed E-state index contributed by atoms with van der Waals surface area (Å²) in [7, 11) is 0. The van der Waals surface area contributed by atoms with E-state index in [1.807, 2.05) is 0 Å². The van der Waals surface area contributed by atoms with Gasteiger partial charge in [-0.25, -0.2) is 0 Å². The molecule has 3 nitrogen and oxygen atoms in total. The number of rotatable bonds is 1. The molecule has 1 rings (SSSR count). The van der Waals surface area contributed by atoms with Crippen LogP contribution in [0.25, 0.3) is 0 Å². The molecule has 1 aromatic carbocycles. The highest BCUT2D eigenvalue weighted by atomic mass is 16.6. The zero-order chi connectivity index (χ0) is 8.27. The van der Waals surface area contributed by atoms with E-state index in [-0.39, 0.29) is 5.69 Å². The lowest BCUT2D eigenvalue weighted by Gasteiger charge is -1.96. The molecule has 0 aliphatic heterocycles. The lowest BCUT2D eigenvalue weighted by Crippen LogP contribution is -1.86. The summed E-state index contributed by atoms with van der Waals surface area (Å²) in [5.74, 6) is 2.12. The van der Waals surface area contributed by atoms with Gasteiger partial charge >= 0.3 is 0 Å². The van der Waals surface area contributed by atoms with E-state index in [4.69, 9.17) is 6.42 Å². The first-order valence-electron chi connectivity index (χ1n) is 2.91. The molecule has 0 atom stereocenters. The van der Waals surface area contributed by atoms with Gasteiger partial charge in [-0.15, -0.1) is 17.7 Å². The van der Waals surface area contributed by atoms with Gasteiger partial charge in [-0.3, -0.25) is 16.0 Å². The maximum absolute atomic E-state index is 10.1. The van der Waals surface area contributed by atoms with Crippen LogP contribution in [-0.2, 0) is 0 Å². The molecule has 0 saturated heterocycles. The fraction of sp³-hybridized carbons (Fsp3) is 0. The van der Waals surface area contributed by atoms with Crippen molar-refractivity contribution in [3.8, 4) is 5.92 Å². The van der Waals surface area contributed by atoms with Crippen molar-refractivity contribution in [1.29, 1.82) is 0 Å². The average Bonchev–Trinajstić information content (AvgIpc) is 2.05. The maximum atomic E-state index is 10.1. The van der Waals surface area contributed by atoms with E-state index in [9.17, 15) is 10.1 Å². The second kappa shape index (κ2) is 2.84. The molecule has 0 N–H and O–H groups in total. The third-order valence-corrected chi connectivity index (χ3v) is 1.22. The van der Waals surface area contributed by atoms with Gasteiger partial charge in [0.2, 0.25) is 0 Å². The number of hydrogen-bond acceptors (Lipinski definition) is 2. The van der Waals surface area contributed by atoms with Gasteiger partial charge in [-0.2, -0.15) is 0 Å². The van der Waals surface area contributed by atoms with Crippen LogP contribution in [-0.4, -0.2) is 4.92 Å². The summed E-state index contributed by atoms with van der Waals surface area (Å²) < 4.78 is 0. The quantitative estimate of drug-likeness (QED) is 0.261. The Morgan fingerprint density at radius 2 is 1.91 bits per heavy atom. The molecule has 0 aromatic heterocycles. The molecule has 1 aromatic rings. The Morgan fingerprint density at radius 1 is 1.36 bits per heavy atom. The van der Waals surface area contributed by atoms with Gasteiger partial charge in [0, 0.05) is 0 Å². The number of hydrogen-bond donors (Lipinski definition) is 0. The second-order valence-corrected chi connectivity index (χ2v) is 1.93. The summed E-state index contributed by atoms with van der Waals surface area (Å²) in [6, 6.07) is 5.64. The van der Waals surface area contributed by atoms with Gasteiger partial charge < -0.3 is 6.42 Å². The molecule has 0 aliphatic rings. The highest BCUT2D eigenvalue weighted by molar-refractivity contribution is 5.38. The smallest absolute Gasteiger partial charge is 0.266 e. The predicted molar refractivity (Wildman–Crippen MR) is 39.3 cm³/mol. The number of nitrogens with zero attached hydrogens (tertiary/aromatic N) is 1. The lowest BCUT2D eigenvalue weighted by molar-refractivity contribution is -0.384. The van der Waals surface area contributed by atoms with Crippen molar-refractivity contribution in [2.24, 2.45) is 0 Å². The number of nitro groups is 1. The normalized spacial score (nSPS) is 8.64. The van der Waals surface area contributed by atoms with Gasteiger partial charge in [-0.05, 0) is 12.1 Å². The Morgan fingerprint density at radius 3 is 2.27 bits per heavy atom. The van der Waals surface area contributed by atoms with E-state index in [1.54, 1.807) is 0 Å². The van der Waals surface area contributed by atoms with Crippen LogP contribution < -0.4 is 0 Å². The molecule has 11 heavy (non-hydrogen) atoms. The summed E-state index contributed by atoms with van der Waals surface area (Å²) in [5.41, 5.74) is 0.569. The van der Waals surface area contributed by atoms with Crippen molar-refractivity contribution in [1.82, 2.24) is 0 Å². The van der Waals surface area contributed by atoms with Crippen molar-refractivity contribution < 1.29 is 4.92 Å². The number of nitro benzene ring substituents is 1. The fourth-order valence-corrected chi connectivity index (χ4v) is 0.666. The first-order chi connectivity index (χ1) is 5.24. The Labute approximate surface area is 63.8 Å². The Hall–Kier alpha value is -1.82. The minimum Gasteiger partial charge on any atom is -0.366 e. The van der Waals surface area contributed by atoms with E-state index in [0.29, 0.717) is 5.56 Å². The minimum atomic E-state index is -0.478. The molecule has 0 fully saturated rings. The molecule has 0 unspecified atom stereocenters. The van der Waals surface area contributed by atoms with E-state index < -0.39 is 4.92 Å². The molecule has 0 aliphatic carbocycles. The molecule has 0 bridgehead atoms. The van der Waals surface area contributed by atoms with E-state index in [2.05, 4.69) is 5.92 Å². The van der Waals surface area contributed by atoms with Gasteiger partial charge in [0.1, 0.15) is 0 Å². The number of non-ortho nitro benzene ring substituents is 1. The third kappa shape index (κ3) is 1.55. The summed E-state index contributed by atoms with van der Waals surface area (Å²) in [5, 5.41) is 10.1. The monoisotopic (exact) mass is 146 g/mol. The molecule has 0 amide bonds. The van der Waals surface area contributed by atoms with Crippen LogP contribution in [0.2, 0.25) is 0 Å². The molecule has 0 saturated carbocycles. The first kappa shape index (κ1) is 7.29. The fourth-order valence-electron chi connectivity index (χ4n) is 0.666. The highest BCUT2D eigenvalue weighted by Gasteiger charge is 1.98. The highest BCUT2D eigenvalue weighted by Crippen LogP contribution is 2.10. The topological polar surface area (TPSA) is 43.1 Å². The zero-order valence-corrected chi connectivity index (χ0v) is 5.57. The van der Waals surface area contributed by atoms with Crippen molar-refractivity contribution in [3.05, 3.63) is 46.4 Å². The Kier molecular flexibility index (Phi) is 1.88. The van der Waals surface area contributed by atoms with Crippen molar-refractivity contribution in [3.63, 3.8) is 0 Å². The molecule has 3 heteroatoms. The Bertz CT molecular complexity index is 308. The van der Waals surface area contributed by atoms with Crippen LogP contribution >= 0.6 is 0 Å². The summed E-state index contributed by atoms with van der Waals surface area (Å²) in [4.78, 5) is 9.66. The standard InChI is InChI=1S/C8H4NO2/c1-2-7-3-5-8(6-4-7)9(10)11/h3-6H/q-1. The predicted octanol–water partition coefficient (Wildman–Crippen LogP) is 1.53. The molecular formula is C8H4NO2-. The molecule has 0 heterocycles. The van der Waals surface area contributed by atoms with E-state index in [0.717, 1.165) is 0 Å². The zero-order valence-electron chi connectivity index (χ0n) is 5.57. The molecule has 54 valence electrons. The van der Waals surface area contributed by atoms with Crippen LogP contribution in [0, 0.1) is 22.5 Å². The van der Waals surface area contributed by atoms with E-state index in [1.165, 1.54) is 24.3 Å². The third-order valence-electron chi connectivity index (χ3n) is 1.22. The van der Waals surface area contributed by atoms with Gasteiger partial charge in [0.05, 0.1) is 4.92 Å². The lowest BCUT2D eigenvalue weighted by atomic mass is 10.2. The van der Waals surface area contributed by atoms with Crippen LogP contribution in [0.4, 0.5) is 5.69 Å². The molecule has 0 spiro atoms. The summed E-state index contributed by atoms with van der Waals surface area (Å²) in [6.07, 6.45) is 6.70. The van der Waals surface area contributed by atoms with Crippen LogP contribution in [0.5, 0.6) is 0 Å². The average molecular weight is 146 g/mol. The maximum Gasteiger partial charge on any atom is 0.266 e. The molecule has 0 radical (unpaired) electrons. The summed E-state index contributed by atoms with van der Waals surface area (Å²) >= 11 is 0. The minimum absolute atomic E-state index is 0.0315. The Balaban J connectivity index is 3.03. The van der Waals surface area contributed by atoms with E-state index >= 15 is 0 Å². The first-order valence-corrected chi connectivity index (χ1v) is 2.91. The number of benzene rings is 1. The van der Waals surface area contributed by atoms with Gasteiger partial charge in [0.15, 0.2) is 0 Å². The second-order valence-electron chi connectivity index (χ2n) is 1.93.